The summed E-state index contributed by atoms with van der Waals surface area (Å²) in [4.78, 5) is 26.1. The van der Waals surface area contributed by atoms with Gasteiger partial charge < -0.3 is 15.5 Å². The van der Waals surface area contributed by atoms with Crippen LogP contribution in [0.15, 0.2) is 35.2 Å². The lowest BCUT2D eigenvalue weighted by atomic mass is 9.99. The van der Waals surface area contributed by atoms with Gasteiger partial charge in [0.15, 0.2) is 5.50 Å². The van der Waals surface area contributed by atoms with Crippen LogP contribution in [0.3, 0.4) is 0 Å². The molecule has 2 aliphatic heterocycles. The summed E-state index contributed by atoms with van der Waals surface area (Å²) in [6, 6.07) is 8.48. The van der Waals surface area contributed by atoms with Crippen molar-refractivity contribution in [3.8, 4) is 0 Å². The maximum absolute atomic E-state index is 13.4. The average Bonchev–Trinajstić information content (AvgIpc) is 2.87. The summed E-state index contributed by atoms with van der Waals surface area (Å²) in [5.41, 5.74) is 0.679. The molecule has 0 bridgehead atoms. The molecule has 0 spiro atoms. The Morgan fingerprint density at radius 3 is 2.83 bits per heavy atom. The SMILES string of the molecule is CC(=O)N1CC(C(=O)NC2Nc3ccc4cc(F)ccc4c3S2)C1. The number of hydrogen-bond acceptors (Lipinski definition) is 4. The number of anilines is 1. The summed E-state index contributed by atoms with van der Waals surface area (Å²) in [7, 11) is 0. The standard InChI is InChI=1S/C17H16FN3O2S/c1-9(22)21-7-11(8-21)16(23)20-17-19-14-5-2-10-6-12(18)3-4-13(10)15(14)24-17/h2-6,11,17,19H,7-8H2,1H3,(H,20,23). The molecule has 4 rings (SSSR count). The molecule has 124 valence electrons. The molecule has 0 saturated carbocycles. The van der Waals surface area contributed by atoms with Crippen molar-refractivity contribution in [1.82, 2.24) is 10.2 Å². The second kappa shape index (κ2) is 5.66. The van der Waals surface area contributed by atoms with Crippen LogP contribution in [0.5, 0.6) is 0 Å². The van der Waals surface area contributed by atoms with Crippen LogP contribution < -0.4 is 10.6 Å². The highest BCUT2D eigenvalue weighted by Gasteiger charge is 2.36. The van der Waals surface area contributed by atoms with E-state index in [1.807, 2.05) is 12.1 Å². The van der Waals surface area contributed by atoms with Gasteiger partial charge in [0.25, 0.3) is 0 Å². The van der Waals surface area contributed by atoms with Crippen molar-refractivity contribution >= 4 is 40.0 Å². The Labute approximate surface area is 142 Å². The molecule has 5 nitrogen and oxygen atoms in total. The smallest absolute Gasteiger partial charge is 0.228 e. The molecule has 1 unspecified atom stereocenters. The molecule has 24 heavy (non-hydrogen) atoms. The van der Waals surface area contributed by atoms with Crippen LogP contribution in [0.1, 0.15) is 6.92 Å². The molecule has 1 saturated heterocycles. The first-order valence-corrected chi connectivity index (χ1v) is 8.60. The van der Waals surface area contributed by atoms with E-state index in [1.54, 1.807) is 11.0 Å². The second-order valence-electron chi connectivity index (χ2n) is 6.08. The average molecular weight is 345 g/mol. The third-order valence-corrected chi connectivity index (χ3v) is 5.57. The van der Waals surface area contributed by atoms with Gasteiger partial charge >= 0.3 is 0 Å². The highest BCUT2D eigenvalue weighted by Crippen LogP contribution is 2.42. The number of fused-ring (bicyclic) bond motifs is 3. The zero-order valence-electron chi connectivity index (χ0n) is 13.0. The van der Waals surface area contributed by atoms with Crippen molar-refractivity contribution in [3.05, 3.63) is 36.1 Å². The van der Waals surface area contributed by atoms with E-state index in [4.69, 9.17) is 0 Å². The van der Waals surface area contributed by atoms with E-state index >= 15 is 0 Å². The lowest BCUT2D eigenvalue weighted by Gasteiger charge is -2.37. The molecule has 2 N–H and O–H groups in total. The van der Waals surface area contributed by atoms with E-state index in [-0.39, 0.29) is 29.0 Å². The predicted octanol–water partition coefficient (Wildman–Crippen LogP) is 2.37. The lowest BCUT2D eigenvalue weighted by Crippen LogP contribution is -2.56. The largest absolute Gasteiger partial charge is 0.356 e. The lowest BCUT2D eigenvalue weighted by molar-refractivity contribution is -0.141. The van der Waals surface area contributed by atoms with E-state index < -0.39 is 0 Å². The monoisotopic (exact) mass is 345 g/mol. The van der Waals surface area contributed by atoms with Gasteiger partial charge in [-0.15, -0.1) is 0 Å². The Balaban J connectivity index is 1.45. The van der Waals surface area contributed by atoms with Crippen molar-refractivity contribution < 1.29 is 14.0 Å². The van der Waals surface area contributed by atoms with Gasteiger partial charge in [-0.25, -0.2) is 4.39 Å². The summed E-state index contributed by atoms with van der Waals surface area (Å²) < 4.78 is 13.4. The number of likely N-dealkylation sites (tertiary alicyclic amines) is 1. The molecule has 0 radical (unpaired) electrons. The van der Waals surface area contributed by atoms with Crippen molar-refractivity contribution in [2.24, 2.45) is 5.92 Å². The zero-order valence-corrected chi connectivity index (χ0v) is 13.8. The van der Waals surface area contributed by atoms with Gasteiger partial charge in [-0.3, -0.25) is 9.59 Å². The predicted molar refractivity (Wildman–Crippen MR) is 91.1 cm³/mol. The molecule has 2 aromatic rings. The van der Waals surface area contributed by atoms with Crippen LogP contribution in [-0.2, 0) is 9.59 Å². The van der Waals surface area contributed by atoms with Crippen LogP contribution in [0.2, 0.25) is 0 Å². The Morgan fingerprint density at radius 1 is 1.29 bits per heavy atom. The number of hydrogen-bond donors (Lipinski definition) is 2. The van der Waals surface area contributed by atoms with Crippen LogP contribution in [0.4, 0.5) is 10.1 Å². The number of carbonyl (C=O) groups excluding carboxylic acids is 2. The highest BCUT2D eigenvalue weighted by molar-refractivity contribution is 8.00. The summed E-state index contributed by atoms with van der Waals surface area (Å²) in [6.07, 6.45) is 0. The van der Waals surface area contributed by atoms with Crippen molar-refractivity contribution in [2.75, 3.05) is 18.4 Å². The summed E-state index contributed by atoms with van der Waals surface area (Å²) >= 11 is 1.51. The molecule has 0 aliphatic carbocycles. The van der Waals surface area contributed by atoms with Gasteiger partial charge in [-0.05, 0) is 29.0 Å². The number of thioether (sulfide) groups is 1. The van der Waals surface area contributed by atoms with E-state index in [9.17, 15) is 14.0 Å². The molecule has 2 heterocycles. The minimum Gasteiger partial charge on any atom is -0.356 e. The normalized spacial score (nSPS) is 19.6. The van der Waals surface area contributed by atoms with Crippen LogP contribution in [0.25, 0.3) is 10.8 Å². The molecule has 7 heteroatoms. The quantitative estimate of drug-likeness (QED) is 0.877. The Kier molecular flexibility index (Phi) is 3.60. The second-order valence-corrected chi connectivity index (χ2v) is 7.19. The maximum Gasteiger partial charge on any atom is 0.228 e. The van der Waals surface area contributed by atoms with Gasteiger partial charge in [-0.2, -0.15) is 0 Å². The highest BCUT2D eigenvalue weighted by atomic mass is 32.2. The van der Waals surface area contributed by atoms with Crippen LogP contribution >= 0.6 is 11.8 Å². The van der Waals surface area contributed by atoms with E-state index in [0.717, 1.165) is 21.4 Å². The van der Waals surface area contributed by atoms with Gasteiger partial charge in [0.1, 0.15) is 5.82 Å². The van der Waals surface area contributed by atoms with Crippen molar-refractivity contribution in [3.63, 3.8) is 0 Å². The Bertz CT molecular complexity index is 851. The number of rotatable bonds is 2. The molecule has 2 amide bonds. The number of halogens is 1. The topological polar surface area (TPSA) is 61.4 Å². The third-order valence-electron chi connectivity index (χ3n) is 4.43. The maximum atomic E-state index is 13.4. The number of nitrogens with zero attached hydrogens (tertiary/aromatic N) is 1. The first kappa shape index (κ1) is 15.3. The van der Waals surface area contributed by atoms with E-state index in [2.05, 4.69) is 10.6 Å². The molecule has 2 aromatic carbocycles. The van der Waals surface area contributed by atoms with Gasteiger partial charge in [0.05, 0.1) is 11.6 Å². The van der Waals surface area contributed by atoms with Crippen LogP contribution in [-0.4, -0.2) is 35.3 Å². The van der Waals surface area contributed by atoms with Crippen LogP contribution in [0, 0.1) is 11.7 Å². The van der Waals surface area contributed by atoms with Crippen molar-refractivity contribution in [1.29, 1.82) is 0 Å². The number of nitrogens with one attached hydrogen (secondary N) is 2. The fourth-order valence-electron chi connectivity index (χ4n) is 3.02. The van der Waals surface area contributed by atoms with E-state index in [1.165, 1.54) is 30.8 Å². The van der Waals surface area contributed by atoms with Crippen molar-refractivity contribution in [2.45, 2.75) is 17.3 Å². The molecule has 2 aliphatic rings. The molecular formula is C17H16FN3O2S. The summed E-state index contributed by atoms with van der Waals surface area (Å²) in [5.74, 6) is -0.465. The Morgan fingerprint density at radius 2 is 2.08 bits per heavy atom. The Hall–Kier alpha value is -2.28. The first-order valence-electron chi connectivity index (χ1n) is 7.72. The summed E-state index contributed by atoms with van der Waals surface area (Å²) in [5, 5.41) is 8.04. The number of carbonyl (C=O) groups is 2. The first-order chi connectivity index (χ1) is 11.5. The molecule has 0 aromatic heterocycles. The fourth-order valence-corrected chi connectivity index (χ4v) is 4.18. The van der Waals surface area contributed by atoms with E-state index in [0.29, 0.717) is 13.1 Å². The molecule has 1 fully saturated rings. The minimum absolute atomic E-state index is 0.00137. The summed E-state index contributed by atoms with van der Waals surface area (Å²) in [6.45, 7) is 2.47. The number of amides is 2. The molecule has 1 atom stereocenters. The van der Waals surface area contributed by atoms with Gasteiger partial charge in [0, 0.05) is 24.9 Å². The number of benzene rings is 2. The van der Waals surface area contributed by atoms with Gasteiger partial charge in [-0.1, -0.05) is 23.9 Å². The molecular weight excluding hydrogens is 329 g/mol. The third kappa shape index (κ3) is 2.58. The van der Waals surface area contributed by atoms with Gasteiger partial charge in [0.2, 0.25) is 11.8 Å². The fraction of sp³-hybridized carbons (Fsp3) is 0.294. The minimum atomic E-state index is -0.261. The zero-order chi connectivity index (χ0) is 16.8.